The molecule has 16 heavy (non-hydrogen) atoms. The van der Waals surface area contributed by atoms with E-state index in [0.717, 1.165) is 25.4 Å². The highest BCUT2D eigenvalue weighted by atomic mass is 16.5. The van der Waals surface area contributed by atoms with Crippen LogP contribution >= 0.6 is 0 Å². The van der Waals surface area contributed by atoms with Crippen molar-refractivity contribution in [1.82, 2.24) is 4.90 Å². The third kappa shape index (κ3) is 2.20. The van der Waals surface area contributed by atoms with E-state index < -0.39 is 0 Å². The molecule has 3 nitrogen and oxygen atoms in total. The van der Waals surface area contributed by atoms with Crippen LogP contribution in [0, 0.1) is 0 Å². The minimum atomic E-state index is 0.486. The van der Waals surface area contributed by atoms with E-state index in [1.54, 1.807) is 7.11 Å². The zero-order chi connectivity index (χ0) is 11.4. The van der Waals surface area contributed by atoms with Gasteiger partial charge in [-0.3, -0.25) is 4.90 Å². The summed E-state index contributed by atoms with van der Waals surface area (Å²) in [6.45, 7) is 2.86. The number of hydrogen-bond acceptors (Lipinski definition) is 3. The first-order chi connectivity index (χ1) is 7.86. The molecule has 0 unspecified atom stereocenters. The molecule has 1 fully saturated rings. The second-order valence-corrected chi connectivity index (χ2v) is 4.22. The summed E-state index contributed by atoms with van der Waals surface area (Å²) >= 11 is 0. The molecule has 0 radical (unpaired) electrons. The third-order valence-corrected chi connectivity index (χ3v) is 3.28. The molecule has 0 saturated carbocycles. The standard InChI is InChI=1S/C13H20N2O/c1-16-13-7-3-2-5-11(13)12-6-4-9-15(12)10-8-14/h2-3,5,7,12H,4,6,8-10,14H2,1H3/t12-/m1/s1. The van der Waals surface area contributed by atoms with Crippen LogP contribution in [0.15, 0.2) is 24.3 Å². The summed E-state index contributed by atoms with van der Waals surface area (Å²) in [7, 11) is 1.74. The normalized spacial score (nSPS) is 21.2. The quantitative estimate of drug-likeness (QED) is 0.840. The third-order valence-electron chi connectivity index (χ3n) is 3.28. The predicted octanol–water partition coefficient (Wildman–Crippen LogP) is 1.79. The molecule has 3 heteroatoms. The van der Waals surface area contributed by atoms with Gasteiger partial charge in [0.1, 0.15) is 5.75 Å². The van der Waals surface area contributed by atoms with Crippen LogP contribution in [0.2, 0.25) is 0 Å². The van der Waals surface area contributed by atoms with Gasteiger partial charge < -0.3 is 10.5 Å². The lowest BCUT2D eigenvalue weighted by molar-refractivity contribution is 0.258. The molecule has 1 aromatic rings. The number of nitrogens with two attached hydrogens (primary N) is 1. The van der Waals surface area contributed by atoms with Gasteiger partial charge in [-0.05, 0) is 25.5 Å². The van der Waals surface area contributed by atoms with E-state index in [9.17, 15) is 0 Å². The number of rotatable bonds is 4. The van der Waals surface area contributed by atoms with Crippen LogP contribution in [-0.4, -0.2) is 31.6 Å². The highest BCUT2D eigenvalue weighted by molar-refractivity contribution is 5.36. The van der Waals surface area contributed by atoms with Crippen molar-refractivity contribution in [2.24, 2.45) is 5.73 Å². The first-order valence-corrected chi connectivity index (χ1v) is 5.94. The molecule has 1 aliphatic heterocycles. The highest BCUT2D eigenvalue weighted by Gasteiger charge is 2.27. The molecule has 1 atom stereocenters. The van der Waals surface area contributed by atoms with Gasteiger partial charge in [-0.1, -0.05) is 18.2 Å². The van der Waals surface area contributed by atoms with E-state index in [4.69, 9.17) is 10.5 Å². The van der Waals surface area contributed by atoms with Crippen molar-refractivity contribution in [3.63, 3.8) is 0 Å². The predicted molar refractivity (Wildman–Crippen MR) is 65.6 cm³/mol. The first-order valence-electron chi connectivity index (χ1n) is 5.94. The van der Waals surface area contributed by atoms with Gasteiger partial charge in [0.2, 0.25) is 0 Å². The highest BCUT2D eigenvalue weighted by Crippen LogP contribution is 2.36. The van der Waals surface area contributed by atoms with Crippen LogP contribution in [0.3, 0.4) is 0 Å². The van der Waals surface area contributed by atoms with E-state index in [1.165, 1.54) is 18.4 Å². The minimum Gasteiger partial charge on any atom is -0.496 e. The number of nitrogens with zero attached hydrogens (tertiary/aromatic N) is 1. The van der Waals surface area contributed by atoms with Crippen molar-refractivity contribution in [1.29, 1.82) is 0 Å². The summed E-state index contributed by atoms with van der Waals surface area (Å²) in [6.07, 6.45) is 2.46. The van der Waals surface area contributed by atoms with Crippen molar-refractivity contribution < 1.29 is 4.74 Å². The van der Waals surface area contributed by atoms with Crippen molar-refractivity contribution in [2.45, 2.75) is 18.9 Å². The topological polar surface area (TPSA) is 38.5 Å². The maximum atomic E-state index is 5.65. The maximum Gasteiger partial charge on any atom is 0.123 e. The number of benzene rings is 1. The fraction of sp³-hybridized carbons (Fsp3) is 0.538. The Kier molecular flexibility index (Phi) is 3.80. The van der Waals surface area contributed by atoms with Gasteiger partial charge >= 0.3 is 0 Å². The zero-order valence-corrected chi connectivity index (χ0v) is 9.86. The lowest BCUT2D eigenvalue weighted by Gasteiger charge is -2.25. The van der Waals surface area contributed by atoms with Crippen molar-refractivity contribution >= 4 is 0 Å². The van der Waals surface area contributed by atoms with Crippen molar-refractivity contribution in [3.05, 3.63) is 29.8 Å². The van der Waals surface area contributed by atoms with E-state index in [2.05, 4.69) is 17.0 Å². The molecule has 2 rings (SSSR count). The summed E-state index contributed by atoms with van der Waals surface area (Å²) in [4.78, 5) is 2.46. The van der Waals surface area contributed by atoms with Crippen LogP contribution in [0.5, 0.6) is 5.75 Å². The molecule has 0 aromatic heterocycles. The van der Waals surface area contributed by atoms with E-state index >= 15 is 0 Å². The molecule has 2 N–H and O–H groups in total. The number of likely N-dealkylation sites (tertiary alicyclic amines) is 1. The van der Waals surface area contributed by atoms with Crippen LogP contribution < -0.4 is 10.5 Å². The number of hydrogen-bond donors (Lipinski definition) is 1. The Balaban J connectivity index is 2.21. The van der Waals surface area contributed by atoms with Crippen LogP contribution in [0.25, 0.3) is 0 Å². The second-order valence-electron chi connectivity index (χ2n) is 4.22. The van der Waals surface area contributed by atoms with E-state index in [-0.39, 0.29) is 0 Å². The Morgan fingerprint density at radius 2 is 2.25 bits per heavy atom. The van der Waals surface area contributed by atoms with Crippen molar-refractivity contribution in [2.75, 3.05) is 26.7 Å². The van der Waals surface area contributed by atoms with Crippen molar-refractivity contribution in [3.8, 4) is 5.75 Å². The number of methoxy groups -OCH3 is 1. The van der Waals surface area contributed by atoms with Crippen LogP contribution in [0.4, 0.5) is 0 Å². The Morgan fingerprint density at radius 1 is 1.44 bits per heavy atom. The van der Waals surface area contributed by atoms with Gasteiger partial charge in [-0.25, -0.2) is 0 Å². The Labute approximate surface area is 97.2 Å². The van der Waals surface area contributed by atoms with Gasteiger partial charge in [0.25, 0.3) is 0 Å². The Bertz CT molecular complexity index is 340. The second kappa shape index (κ2) is 5.32. The summed E-state index contributed by atoms with van der Waals surface area (Å²) in [6, 6.07) is 8.79. The van der Waals surface area contributed by atoms with Gasteiger partial charge in [-0.2, -0.15) is 0 Å². The monoisotopic (exact) mass is 220 g/mol. The fourth-order valence-corrected chi connectivity index (χ4v) is 2.55. The zero-order valence-electron chi connectivity index (χ0n) is 9.86. The number of para-hydroxylation sites is 1. The average Bonchev–Trinajstić information content (AvgIpc) is 2.77. The van der Waals surface area contributed by atoms with Gasteiger partial charge in [0.05, 0.1) is 7.11 Å². The van der Waals surface area contributed by atoms with Gasteiger partial charge in [0, 0.05) is 24.7 Å². The fourth-order valence-electron chi connectivity index (χ4n) is 2.55. The number of ether oxygens (including phenoxy) is 1. The molecule has 0 aliphatic carbocycles. The molecule has 0 amide bonds. The van der Waals surface area contributed by atoms with E-state index in [0.29, 0.717) is 6.04 Å². The lowest BCUT2D eigenvalue weighted by atomic mass is 10.0. The van der Waals surface area contributed by atoms with Gasteiger partial charge in [-0.15, -0.1) is 0 Å². The maximum absolute atomic E-state index is 5.65. The molecule has 1 aliphatic rings. The van der Waals surface area contributed by atoms with Gasteiger partial charge in [0.15, 0.2) is 0 Å². The molecule has 1 saturated heterocycles. The van der Waals surface area contributed by atoms with Crippen LogP contribution in [-0.2, 0) is 0 Å². The summed E-state index contributed by atoms with van der Waals surface area (Å²) in [5.41, 5.74) is 6.95. The summed E-state index contributed by atoms with van der Waals surface area (Å²) < 4.78 is 5.43. The SMILES string of the molecule is COc1ccccc1[C@H]1CCCN1CCN. The Hall–Kier alpha value is -1.06. The molecule has 88 valence electrons. The van der Waals surface area contributed by atoms with Crippen LogP contribution in [0.1, 0.15) is 24.4 Å². The summed E-state index contributed by atoms with van der Waals surface area (Å²) in [5, 5.41) is 0. The average molecular weight is 220 g/mol. The summed E-state index contributed by atoms with van der Waals surface area (Å²) in [5.74, 6) is 0.997. The minimum absolute atomic E-state index is 0.486. The molecule has 1 heterocycles. The smallest absolute Gasteiger partial charge is 0.123 e. The first kappa shape index (κ1) is 11.4. The van der Waals surface area contributed by atoms with E-state index in [1.807, 2.05) is 12.1 Å². The molecular formula is C13H20N2O. The molecule has 1 aromatic carbocycles. The molecule has 0 spiro atoms. The molecule has 0 bridgehead atoms. The largest absolute Gasteiger partial charge is 0.496 e. The lowest BCUT2D eigenvalue weighted by Crippen LogP contribution is -2.29. The molecular weight excluding hydrogens is 200 g/mol. The Morgan fingerprint density at radius 3 is 3.00 bits per heavy atom.